The fraction of sp³-hybridized carbons (Fsp3) is 0. The van der Waals surface area contributed by atoms with Crippen LogP contribution in [0, 0.1) is 0 Å². The van der Waals surface area contributed by atoms with Crippen LogP contribution in [0.2, 0.25) is 0 Å². The molecule has 0 fully saturated rings. The van der Waals surface area contributed by atoms with Gasteiger partial charge in [-0.1, -0.05) is 152 Å². The highest BCUT2D eigenvalue weighted by atomic mass is 32.1. The Labute approximate surface area is 364 Å². The van der Waals surface area contributed by atoms with Gasteiger partial charge in [0.15, 0.2) is 17.5 Å². The summed E-state index contributed by atoms with van der Waals surface area (Å²) in [4.78, 5) is 26.0. The largest absolute Gasteiger partial charge is 0.455 e. The van der Waals surface area contributed by atoms with Crippen LogP contribution in [0.1, 0.15) is 0 Å². The minimum absolute atomic E-state index is 0.546. The lowest BCUT2D eigenvalue weighted by atomic mass is 9.99. The smallest absolute Gasteiger partial charge is 0.238 e. The van der Waals surface area contributed by atoms with Gasteiger partial charge in [-0.25, -0.2) is 15.0 Å². The first-order valence-corrected chi connectivity index (χ1v) is 21.6. The highest BCUT2D eigenvalue weighted by molar-refractivity contribution is 7.26. The Morgan fingerprint density at radius 1 is 0.397 bits per heavy atom. The van der Waals surface area contributed by atoms with Crippen LogP contribution in [0.3, 0.4) is 0 Å². The minimum atomic E-state index is 0.546. The van der Waals surface area contributed by atoms with Crippen molar-refractivity contribution in [3.8, 4) is 62.5 Å². The van der Waals surface area contributed by atoms with Gasteiger partial charge in [-0.15, -0.1) is 11.3 Å². The van der Waals surface area contributed by atoms with E-state index in [2.05, 4.69) is 126 Å². The predicted molar refractivity (Wildman–Crippen MR) is 257 cm³/mol. The lowest BCUT2D eigenvalue weighted by Gasteiger charge is -2.11. The maximum Gasteiger partial charge on any atom is 0.238 e. The van der Waals surface area contributed by atoms with Crippen molar-refractivity contribution in [2.45, 2.75) is 0 Å². The van der Waals surface area contributed by atoms with E-state index >= 15 is 0 Å². The molecule has 0 N–H and O–H groups in total. The maximum atomic E-state index is 6.48. The molecule has 8 aromatic carbocycles. The summed E-state index contributed by atoms with van der Waals surface area (Å²) >= 11 is 1.73. The lowest BCUT2D eigenvalue weighted by molar-refractivity contribution is 0.670. The van der Waals surface area contributed by atoms with Crippen LogP contribution < -0.4 is 0 Å². The fourth-order valence-corrected chi connectivity index (χ4v) is 10.1. The summed E-state index contributed by atoms with van der Waals surface area (Å²) < 4.78 is 10.8. The number of hydrogen-bond donors (Lipinski definition) is 0. The van der Waals surface area contributed by atoms with Gasteiger partial charge in [-0.05, 0) is 48.0 Å². The Morgan fingerprint density at radius 3 is 1.83 bits per heavy atom. The summed E-state index contributed by atoms with van der Waals surface area (Å²) in [6.07, 6.45) is 0. The fourth-order valence-electron chi connectivity index (χ4n) is 8.95. The monoisotopic (exact) mass is 824 g/mol. The molecule has 7 nitrogen and oxygen atoms in total. The molecule has 0 aliphatic rings. The van der Waals surface area contributed by atoms with E-state index in [1.807, 2.05) is 72.8 Å². The molecule has 0 radical (unpaired) electrons. The first-order chi connectivity index (χ1) is 31.2. The number of fused-ring (bicyclic) bond motifs is 9. The third-order valence-electron chi connectivity index (χ3n) is 11.9. The van der Waals surface area contributed by atoms with Crippen LogP contribution in [-0.2, 0) is 0 Å². The topological polar surface area (TPSA) is 82.5 Å². The van der Waals surface area contributed by atoms with Gasteiger partial charge in [0.05, 0.1) is 26.9 Å². The highest BCUT2D eigenvalue weighted by Crippen LogP contribution is 2.42. The molecule has 0 bridgehead atoms. The van der Waals surface area contributed by atoms with Gasteiger partial charge < -0.3 is 4.42 Å². The molecular formula is C55H32N6OS. The van der Waals surface area contributed by atoms with Crippen molar-refractivity contribution in [1.82, 2.24) is 29.5 Å². The number of thiophene rings is 1. The van der Waals surface area contributed by atoms with E-state index < -0.39 is 0 Å². The molecule has 294 valence electrons. The third-order valence-corrected chi connectivity index (χ3v) is 13.1. The molecule has 0 aliphatic heterocycles. The molecule has 0 amide bonds. The number of furan rings is 1. The third kappa shape index (κ3) is 5.76. The van der Waals surface area contributed by atoms with E-state index in [-0.39, 0.29) is 0 Å². The van der Waals surface area contributed by atoms with Gasteiger partial charge in [0, 0.05) is 59.4 Å². The van der Waals surface area contributed by atoms with Gasteiger partial charge >= 0.3 is 0 Å². The summed E-state index contributed by atoms with van der Waals surface area (Å²) in [5.74, 6) is 2.42. The van der Waals surface area contributed by atoms with E-state index in [9.17, 15) is 0 Å². The Morgan fingerprint density at radius 2 is 1.02 bits per heavy atom. The average Bonchev–Trinajstić information content (AvgIpc) is 4.04. The number of para-hydroxylation sites is 3. The lowest BCUT2D eigenvalue weighted by Crippen LogP contribution is -2.06. The molecule has 63 heavy (non-hydrogen) atoms. The molecule has 0 spiro atoms. The maximum absolute atomic E-state index is 6.48. The molecule has 0 saturated heterocycles. The van der Waals surface area contributed by atoms with Gasteiger partial charge in [0.25, 0.3) is 0 Å². The van der Waals surface area contributed by atoms with Crippen LogP contribution in [0.5, 0.6) is 0 Å². The molecule has 0 atom stereocenters. The van der Waals surface area contributed by atoms with Crippen molar-refractivity contribution in [3.05, 3.63) is 194 Å². The molecule has 0 unspecified atom stereocenters. The zero-order chi connectivity index (χ0) is 41.4. The Kier molecular flexibility index (Phi) is 7.94. The summed E-state index contributed by atoms with van der Waals surface area (Å²) in [7, 11) is 0. The molecule has 5 heterocycles. The molecule has 0 aliphatic carbocycles. The number of hydrogen-bond acceptors (Lipinski definition) is 7. The van der Waals surface area contributed by atoms with Crippen molar-refractivity contribution >= 4 is 75.4 Å². The van der Waals surface area contributed by atoms with Gasteiger partial charge in [-0.3, -0.25) is 4.57 Å². The standard InChI is InChI=1S/C55H32N6OS/c1-3-15-33(16-4-1)52-58-53(34-17-5-2-6-18-34)60-55(59-52)61-44-26-10-7-21-39(44)43-32-37(29-30-45(43)61)54-56-48(51-49(57-54)42-23-9-12-28-47(42)63-51)36-20-13-19-35(31-36)38-24-14-25-41-40-22-8-11-27-46(40)62-50(38)41/h1-32H. The number of benzene rings is 8. The zero-order valence-corrected chi connectivity index (χ0v) is 34.3. The summed E-state index contributed by atoms with van der Waals surface area (Å²) in [5, 5.41) is 5.45. The molecular weight excluding hydrogens is 793 g/mol. The normalized spacial score (nSPS) is 11.8. The van der Waals surface area contributed by atoms with Crippen molar-refractivity contribution in [2.24, 2.45) is 0 Å². The molecule has 13 rings (SSSR count). The first-order valence-electron chi connectivity index (χ1n) is 20.8. The Hall–Kier alpha value is -8.33. The zero-order valence-electron chi connectivity index (χ0n) is 33.5. The second kappa shape index (κ2) is 14.1. The first kappa shape index (κ1) is 35.4. The van der Waals surface area contributed by atoms with Crippen LogP contribution in [0.4, 0.5) is 0 Å². The Bertz CT molecular complexity index is 3870. The number of aromatic nitrogens is 6. The molecule has 8 heteroatoms. The minimum Gasteiger partial charge on any atom is -0.455 e. The quantitative estimate of drug-likeness (QED) is 0.166. The van der Waals surface area contributed by atoms with Gasteiger partial charge in [-0.2, -0.15) is 9.97 Å². The van der Waals surface area contributed by atoms with E-state index in [0.29, 0.717) is 23.4 Å². The second-order valence-electron chi connectivity index (χ2n) is 15.6. The molecule has 5 aromatic heterocycles. The predicted octanol–water partition coefficient (Wildman–Crippen LogP) is 14.4. The second-order valence-corrected chi connectivity index (χ2v) is 16.7. The molecule has 13 aromatic rings. The average molecular weight is 825 g/mol. The summed E-state index contributed by atoms with van der Waals surface area (Å²) in [5.41, 5.74) is 11.4. The SMILES string of the molecule is c1ccc(-c2nc(-c3ccccc3)nc(-n3c4ccccc4c4cc(-c5nc(-c6cccc(-c7cccc8c7oc7ccccc78)c6)c6sc7ccccc7c6n5)ccc43)n2)cc1. The van der Waals surface area contributed by atoms with E-state index in [1.165, 1.54) is 4.70 Å². The molecule has 0 saturated carbocycles. The number of rotatable bonds is 6. The van der Waals surface area contributed by atoms with Crippen molar-refractivity contribution in [2.75, 3.05) is 0 Å². The van der Waals surface area contributed by atoms with Crippen molar-refractivity contribution < 1.29 is 4.42 Å². The van der Waals surface area contributed by atoms with Crippen LogP contribution in [0.15, 0.2) is 199 Å². The summed E-state index contributed by atoms with van der Waals surface area (Å²) in [6.45, 7) is 0. The highest BCUT2D eigenvalue weighted by Gasteiger charge is 2.21. The van der Waals surface area contributed by atoms with Crippen LogP contribution >= 0.6 is 11.3 Å². The van der Waals surface area contributed by atoms with E-state index in [1.54, 1.807) is 11.3 Å². The van der Waals surface area contributed by atoms with Crippen LogP contribution in [-0.4, -0.2) is 29.5 Å². The van der Waals surface area contributed by atoms with E-state index in [0.717, 1.165) is 98.4 Å². The van der Waals surface area contributed by atoms with Crippen molar-refractivity contribution in [3.63, 3.8) is 0 Å². The number of nitrogens with zero attached hydrogens (tertiary/aromatic N) is 6. The Balaban J connectivity index is 1.00. The summed E-state index contributed by atoms with van der Waals surface area (Å²) in [6, 6.07) is 66.8. The van der Waals surface area contributed by atoms with Gasteiger partial charge in [0.1, 0.15) is 11.2 Å². The van der Waals surface area contributed by atoms with Crippen LogP contribution in [0.25, 0.3) is 127 Å². The van der Waals surface area contributed by atoms with E-state index in [4.69, 9.17) is 29.3 Å². The van der Waals surface area contributed by atoms with Gasteiger partial charge in [0.2, 0.25) is 5.95 Å². The van der Waals surface area contributed by atoms with Crippen molar-refractivity contribution in [1.29, 1.82) is 0 Å².